The molecule has 1 unspecified atom stereocenters. The number of carbonyl (C=O) groups excluding carboxylic acids is 3. The first-order valence-electron chi connectivity index (χ1n) is 13.1. The number of hydrogen-bond donors (Lipinski definition) is 4. The molecule has 1 heterocycles. The number of benzene rings is 3. The Labute approximate surface area is 233 Å². The number of nitrogens with zero attached hydrogens (tertiary/aromatic N) is 1. The summed E-state index contributed by atoms with van der Waals surface area (Å²) in [7, 11) is 0. The van der Waals surface area contributed by atoms with E-state index in [2.05, 4.69) is 15.6 Å². The average molecular weight is 536 g/mol. The molecule has 0 bridgehead atoms. The Hall–Kier alpha value is -4.98. The molecule has 204 valence electrons. The Bertz CT molecular complexity index is 1390. The van der Waals surface area contributed by atoms with Gasteiger partial charge in [0.25, 0.3) is 0 Å². The van der Waals surface area contributed by atoms with Crippen LogP contribution in [0.4, 0.5) is 5.82 Å². The Kier molecular flexibility index (Phi) is 9.61. The molecule has 0 spiro atoms. The van der Waals surface area contributed by atoms with E-state index >= 15 is 0 Å². The standard InChI is InChI=1S/C32H33N5O3/c33-28-19-23(17-18-35-28)15-16-27(31(39)36-21-24-13-11-22(12-14-24)20-29(34)38)37-32(40)30(25-7-3-1-4-8-25)26-9-5-2-6-10-26/h1-14,17-19,27,30H,15-16,20-21H2,(H2,33,35)(H2,34,38)(H,36,39)(H,37,40). The van der Waals surface area contributed by atoms with Crippen molar-refractivity contribution in [2.45, 2.75) is 37.8 Å². The highest BCUT2D eigenvalue weighted by Crippen LogP contribution is 2.25. The van der Waals surface area contributed by atoms with Crippen LogP contribution >= 0.6 is 0 Å². The van der Waals surface area contributed by atoms with E-state index in [-0.39, 0.29) is 24.8 Å². The monoisotopic (exact) mass is 535 g/mol. The highest BCUT2D eigenvalue weighted by atomic mass is 16.2. The summed E-state index contributed by atoms with van der Waals surface area (Å²) in [4.78, 5) is 42.4. The predicted octanol–water partition coefficient (Wildman–Crippen LogP) is 3.26. The lowest BCUT2D eigenvalue weighted by atomic mass is 9.90. The lowest BCUT2D eigenvalue weighted by Gasteiger charge is -2.23. The smallest absolute Gasteiger partial charge is 0.242 e. The third-order valence-corrected chi connectivity index (χ3v) is 6.60. The summed E-state index contributed by atoms with van der Waals surface area (Å²) in [6.07, 6.45) is 2.68. The molecule has 0 aliphatic carbocycles. The molecule has 0 radical (unpaired) electrons. The van der Waals surface area contributed by atoms with Crippen LogP contribution in [0.1, 0.15) is 40.2 Å². The largest absolute Gasteiger partial charge is 0.384 e. The average Bonchev–Trinajstić information content (AvgIpc) is 2.96. The van der Waals surface area contributed by atoms with Gasteiger partial charge in [-0.3, -0.25) is 14.4 Å². The van der Waals surface area contributed by atoms with E-state index in [1.54, 1.807) is 12.3 Å². The number of hydrogen-bond acceptors (Lipinski definition) is 5. The molecule has 1 aromatic heterocycles. The zero-order valence-electron chi connectivity index (χ0n) is 22.1. The van der Waals surface area contributed by atoms with Gasteiger partial charge in [0.1, 0.15) is 11.9 Å². The minimum absolute atomic E-state index is 0.157. The summed E-state index contributed by atoms with van der Waals surface area (Å²) < 4.78 is 0. The van der Waals surface area contributed by atoms with E-state index in [1.165, 1.54) is 0 Å². The third kappa shape index (κ3) is 8.01. The van der Waals surface area contributed by atoms with Gasteiger partial charge in [0.2, 0.25) is 17.7 Å². The molecular weight excluding hydrogens is 502 g/mol. The van der Waals surface area contributed by atoms with Crippen molar-refractivity contribution in [2.24, 2.45) is 5.73 Å². The molecule has 1 atom stereocenters. The number of carbonyl (C=O) groups is 3. The first-order valence-corrected chi connectivity index (χ1v) is 13.1. The normalized spacial score (nSPS) is 11.5. The number of nitrogens with one attached hydrogen (secondary N) is 2. The van der Waals surface area contributed by atoms with Crippen LogP contribution in [-0.4, -0.2) is 28.7 Å². The minimum atomic E-state index is -0.786. The van der Waals surface area contributed by atoms with Crippen molar-refractivity contribution in [3.05, 3.63) is 131 Å². The summed E-state index contributed by atoms with van der Waals surface area (Å²) in [5.74, 6) is -1.14. The highest BCUT2D eigenvalue weighted by Gasteiger charge is 2.27. The van der Waals surface area contributed by atoms with Gasteiger partial charge >= 0.3 is 0 Å². The van der Waals surface area contributed by atoms with E-state index in [0.29, 0.717) is 18.7 Å². The van der Waals surface area contributed by atoms with Crippen LogP contribution in [-0.2, 0) is 33.8 Å². The summed E-state index contributed by atoms with van der Waals surface area (Å²) in [6, 6.07) is 29.1. The number of pyridine rings is 1. The number of nitrogen functional groups attached to an aromatic ring is 1. The highest BCUT2D eigenvalue weighted by molar-refractivity contribution is 5.92. The number of aryl methyl sites for hydroxylation is 1. The molecule has 8 heteroatoms. The van der Waals surface area contributed by atoms with Gasteiger partial charge in [-0.25, -0.2) is 4.98 Å². The van der Waals surface area contributed by atoms with Crippen LogP contribution in [0.15, 0.2) is 103 Å². The lowest BCUT2D eigenvalue weighted by Crippen LogP contribution is -2.48. The fourth-order valence-corrected chi connectivity index (χ4v) is 4.56. The number of primary amides is 1. The molecule has 0 saturated carbocycles. The van der Waals surface area contributed by atoms with Gasteiger partial charge < -0.3 is 22.1 Å². The van der Waals surface area contributed by atoms with Crippen molar-refractivity contribution in [3.63, 3.8) is 0 Å². The van der Waals surface area contributed by atoms with Crippen molar-refractivity contribution in [1.29, 1.82) is 0 Å². The van der Waals surface area contributed by atoms with Gasteiger partial charge in [-0.1, -0.05) is 84.9 Å². The van der Waals surface area contributed by atoms with Crippen molar-refractivity contribution < 1.29 is 14.4 Å². The van der Waals surface area contributed by atoms with Crippen LogP contribution in [0.3, 0.4) is 0 Å². The topological polar surface area (TPSA) is 140 Å². The molecule has 4 aromatic rings. The second kappa shape index (κ2) is 13.7. The van der Waals surface area contributed by atoms with Crippen molar-refractivity contribution in [1.82, 2.24) is 15.6 Å². The van der Waals surface area contributed by atoms with Gasteiger partial charge in [0.05, 0.1) is 12.3 Å². The number of amides is 3. The van der Waals surface area contributed by atoms with Crippen molar-refractivity contribution in [3.8, 4) is 0 Å². The van der Waals surface area contributed by atoms with E-state index in [0.717, 1.165) is 27.8 Å². The molecule has 3 amide bonds. The minimum Gasteiger partial charge on any atom is -0.384 e. The third-order valence-electron chi connectivity index (χ3n) is 6.60. The van der Waals surface area contributed by atoms with E-state index in [1.807, 2.05) is 91.0 Å². The van der Waals surface area contributed by atoms with Crippen molar-refractivity contribution in [2.75, 3.05) is 5.73 Å². The Morgan fingerprint density at radius 2 is 1.35 bits per heavy atom. The first-order chi connectivity index (χ1) is 19.4. The van der Waals surface area contributed by atoms with E-state index < -0.39 is 17.9 Å². The zero-order valence-corrected chi connectivity index (χ0v) is 22.1. The van der Waals surface area contributed by atoms with Crippen LogP contribution in [0.5, 0.6) is 0 Å². The fraction of sp³-hybridized carbons (Fsp3) is 0.188. The van der Waals surface area contributed by atoms with Gasteiger partial charge in [0.15, 0.2) is 0 Å². The molecule has 0 saturated heterocycles. The Morgan fingerprint density at radius 3 is 1.93 bits per heavy atom. The molecule has 4 rings (SSSR count). The van der Waals surface area contributed by atoms with Gasteiger partial charge in [-0.2, -0.15) is 0 Å². The summed E-state index contributed by atoms with van der Waals surface area (Å²) in [6.45, 7) is 0.269. The van der Waals surface area contributed by atoms with E-state index in [9.17, 15) is 14.4 Å². The number of anilines is 1. The van der Waals surface area contributed by atoms with Crippen LogP contribution in [0, 0.1) is 0 Å². The van der Waals surface area contributed by atoms with Gasteiger partial charge in [-0.15, -0.1) is 0 Å². The molecule has 6 N–H and O–H groups in total. The van der Waals surface area contributed by atoms with E-state index in [4.69, 9.17) is 11.5 Å². The van der Waals surface area contributed by atoms with Crippen LogP contribution < -0.4 is 22.1 Å². The summed E-state index contributed by atoms with van der Waals surface area (Å²) in [5, 5.41) is 5.96. The van der Waals surface area contributed by atoms with Gasteiger partial charge in [0, 0.05) is 12.7 Å². The molecule has 3 aromatic carbocycles. The first kappa shape index (κ1) is 28.0. The summed E-state index contributed by atoms with van der Waals surface area (Å²) in [5.41, 5.74) is 15.4. The lowest BCUT2D eigenvalue weighted by molar-refractivity contribution is -0.129. The maximum absolute atomic E-state index is 13.8. The number of aromatic nitrogens is 1. The maximum Gasteiger partial charge on any atom is 0.242 e. The van der Waals surface area contributed by atoms with Gasteiger partial charge in [-0.05, 0) is 52.8 Å². The molecular formula is C32H33N5O3. The molecule has 0 fully saturated rings. The second-order valence-corrected chi connectivity index (χ2v) is 9.62. The number of rotatable bonds is 12. The SMILES string of the molecule is NC(=O)Cc1ccc(CNC(=O)C(CCc2ccnc(N)c2)NC(=O)C(c2ccccc2)c2ccccc2)cc1. The van der Waals surface area contributed by atoms with Crippen LogP contribution in [0.25, 0.3) is 0 Å². The summed E-state index contributed by atoms with van der Waals surface area (Å²) >= 11 is 0. The quantitative estimate of drug-likeness (QED) is 0.220. The Balaban J connectivity index is 1.51. The van der Waals surface area contributed by atoms with Crippen LogP contribution in [0.2, 0.25) is 0 Å². The van der Waals surface area contributed by atoms with Crippen molar-refractivity contribution >= 4 is 23.5 Å². The molecule has 0 aliphatic rings. The second-order valence-electron chi connectivity index (χ2n) is 9.62. The zero-order chi connectivity index (χ0) is 28.3. The molecule has 40 heavy (non-hydrogen) atoms. The maximum atomic E-state index is 13.8. The fourth-order valence-electron chi connectivity index (χ4n) is 4.56. The molecule has 8 nitrogen and oxygen atoms in total. The number of nitrogens with two attached hydrogens (primary N) is 2. The molecule has 0 aliphatic heterocycles. The Morgan fingerprint density at radius 1 is 0.750 bits per heavy atom. The predicted molar refractivity (Wildman–Crippen MR) is 155 cm³/mol.